The number of nitrogens with zero attached hydrogens (tertiary/aromatic N) is 4. The minimum absolute atomic E-state index is 0.0981. The summed E-state index contributed by atoms with van der Waals surface area (Å²) in [4.78, 5) is 10.8. The van der Waals surface area contributed by atoms with Gasteiger partial charge in [-0.1, -0.05) is 0 Å². The van der Waals surface area contributed by atoms with E-state index in [1.54, 1.807) is 12.1 Å². The van der Waals surface area contributed by atoms with Gasteiger partial charge in [-0.25, -0.2) is 0 Å². The lowest BCUT2D eigenvalue weighted by Gasteiger charge is -2.14. The van der Waals surface area contributed by atoms with E-state index in [1.165, 1.54) is 6.92 Å². The fraction of sp³-hybridized carbons (Fsp3) is 0.583. The number of aromatic nitrogens is 2. The van der Waals surface area contributed by atoms with Gasteiger partial charge in [-0.05, 0) is 19.9 Å². The number of rotatable bonds is 7. The third kappa shape index (κ3) is 6.42. The van der Waals surface area contributed by atoms with Crippen LogP contribution in [-0.2, 0) is 9.53 Å². The van der Waals surface area contributed by atoms with Crippen LogP contribution < -0.4 is 4.74 Å². The van der Waals surface area contributed by atoms with Crippen LogP contribution in [0.3, 0.4) is 0 Å². The number of alkyl halides is 1. The van der Waals surface area contributed by atoms with Gasteiger partial charge in [-0.2, -0.15) is 5.11 Å². The average molecular weight is 301 g/mol. The Morgan fingerprint density at radius 3 is 2.65 bits per heavy atom. The first kappa shape index (κ1) is 16.3. The smallest absolute Gasteiger partial charge is 0.303 e. The summed E-state index contributed by atoms with van der Waals surface area (Å²) >= 11 is 5.65. The molecule has 1 aromatic heterocycles. The SMILES string of the molecule is CC(=O)OC(CCl)COc1ccc(N=NC(C)C)nn1. The lowest BCUT2D eigenvalue weighted by Crippen LogP contribution is -2.25. The number of carbonyl (C=O) groups is 1. The molecule has 1 aromatic rings. The summed E-state index contributed by atoms with van der Waals surface area (Å²) in [6.45, 7) is 5.25. The van der Waals surface area contributed by atoms with Gasteiger partial charge in [0.1, 0.15) is 12.7 Å². The van der Waals surface area contributed by atoms with E-state index in [0.29, 0.717) is 11.7 Å². The highest BCUT2D eigenvalue weighted by Gasteiger charge is 2.12. The molecule has 110 valence electrons. The van der Waals surface area contributed by atoms with Gasteiger partial charge in [0, 0.05) is 13.0 Å². The van der Waals surface area contributed by atoms with E-state index < -0.39 is 12.1 Å². The number of halogens is 1. The Labute approximate surface area is 122 Å². The number of carbonyl (C=O) groups excluding carboxylic acids is 1. The van der Waals surface area contributed by atoms with Crippen LogP contribution in [0.1, 0.15) is 20.8 Å². The number of hydrogen-bond acceptors (Lipinski definition) is 7. The molecule has 0 saturated heterocycles. The lowest BCUT2D eigenvalue weighted by molar-refractivity contribution is -0.146. The van der Waals surface area contributed by atoms with Gasteiger partial charge in [0.15, 0.2) is 5.82 Å². The fourth-order valence-corrected chi connectivity index (χ4v) is 1.29. The van der Waals surface area contributed by atoms with Gasteiger partial charge in [0.2, 0.25) is 5.88 Å². The van der Waals surface area contributed by atoms with Crippen molar-refractivity contribution in [1.82, 2.24) is 10.2 Å². The van der Waals surface area contributed by atoms with Gasteiger partial charge in [0.05, 0.1) is 11.9 Å². The standard InChI is InChI=1S/C12H17ClN4O3/c1-8(2)14-15-11-4-5-12(17-16-11)19-7-10(6-13)20-9(3)18/h4-5,8,10H,6-7H2,1-3H3. The summed E-state index contributed by atoms with van der Waals surface area (Å²) in [6, 6.07) is 3.34. The third-order valence-corrected chi connectivity index (χ3v) is 2.28. The summed E-state index contributed by atoms with van der Waals surface area (Å²) in [7, 11) is 0. The largest absolute Gasteiger partial charge is 0.473 e. The van der Waals surface area contributed by atoms with E-state index in [-0.39, 0.29) is 18.5 Å². The van der Waals surface area contributed by atoms with E-state index in [0.717, 1.165) is 0 Å². The molecule has 1 unspecified atom stereocenters. The van der Waals surface area contributed by atoms with E-state index in [2.05, 4.69) is 20.4 Å². The second kappa shape index (κ2) is 8.42. The fourth-order valence-electron chi connectivity index (χ4n) is 1.14. The summed E-state index contributed by atoms with van der Waals surface area (Å²) < 4.78 is 10.3. The normalized spacial score (nSPS) is 12.7. The van der Waals surface area contributed by atoms with Gasteiger partial charge in [0.25, 0.3) is 0 Å². The van der Waals surface area contributed by atoms with Crippen LogP contribution in [-0.4, -0.2) is 40.8 Å². The molecule has 0 fully saturated rings. The molecule has 0 saturated carbocycles. The first-order valence-corrected chi connectivity index (χ1v) is 6.65. The van der Waals surface area contributed by atoms with Gasteiger partial charge in [-0.15, -0.1) is 26.9 Å². The quantitative estimate of drug-likeness (QED) is 0.439. The van der Waals surface area contributed by atoms with Crippen LogP contribution in [0.5, 0.6) is 5.88 Å². The lowest BCUT2D eigenvalue weighted by atomic mass is 10.4. The summed E-state index contributed by atoms with van der Waals surface area (Å²) in [5.41, 5.74) is 0. The Hall–Kier alpha value is -1.76. The maximum Gasteiger partial charge on any atom is 0.303 e. The van der Waals surface area contributed by atoms with Crippen LogP contribution in [0.2, 0.25) is 0 Å². The van der Waals surface area contributed by atoms with Crippen molar-refractivity contribution in [2.75, 3.05) is 12.5 Å². The van der Waals surface area contributed by atoms with E-state index in [4.69, 9.17) is 21.1 Å². The molecule has 0 spiro atoms. The number of azo groups is 1. The maximum absolute atomic E-state index is 10.8. The van der Waals surface area contributed by atoms with Gasteiger partial charge in [-0.3, -0.25) is 4.79 Å². The average Bonchev–Trinajstić information content (AvgIpc) is 2.41. The predicted octanol–water partition coefficient (Wildman–Crippen LogP) is 2.52. The topological polar surface area (TPSA) is 86.0 Å². The molecular weight excluding hydrogens is 284 g/mol. The summed E-state index contributed by atoms with van der Waals surface area (Å²) in [6.07, 6.45) is -0.517. The molecule has 0 bridgehead atoms. The van der Waals surface area contributed by atoms with E-state index >= 15 is 0 Å². The Morgan fingerprint density at radius 1 is 1.40 bits per heavy atom. The van der Waals surface area contributed by atoms with Crippen LogP contribution >= 0.6 is 11.6 Å². The molecule has 1 atom stereocenters. The van der Waals surface area contributed by atoms with Crippen LogP contribution in [0, 0.1) is 0 Å². The predicted molar refractivity (Wildman–Crippen MR) is 73.5 cm³/mol. The molecule has 1 rings (SSSR count). The molecule has 0 aliphatic carbocycles. The minimum Gasteiger partial charge on any atom is -0.473 e. The second-order valence-electron chi connectivity index (χ2n) is 4.24. The van der Waals surface area contributed by atoms with Crippen molar-refractivity contribution in [3.8, 4) is 5.88 Å². The number of hydrogen-bond donors (Lipinski definition) is 0. The van der Waals surface area contributed by atoms with Crippen LogP contribution in [0.15, 0.2) is 22.4 Å². The molecule has 0 aromatic carbocycles. The first-order chi connectivity index (χ1) is 9.51. The molecule has 0 amide bonds. The Morgan fingerprint density at radius 2 is 2.15 bits per heavy atom. The Kier molecular flexibility index (Phi) is 6.86. The zero-order chi connectivity index (χ0) is 15.0. The monoisotopic (exact) mass is 300 g/mol. The van der Waals surface area contributed by atoms with Crippen molar-refractivity contribution in [1.29, 1.82) is 0 Å². The van der Waals surface area contributed by atoms with E-state index in [9.17, 15) is 4.79 Å². The molecule has 0 aliphatic heterocycles. The molecular formula is C12H17ClN4O3. The van der Waals surface area contributed by atoms with Gasteiger partial charge >= 0.3 is 5.97 Å². The molecule has 1 heterocycles. The zero-order valence-electron chi connectivity index (χ0n) is 11.6. The molecule has 7 nitrogen and oxygen atoms in total. The van der Waals surface area contributed by atoms with Crippen molar-refractivity contribution >= 4 is 23.4 Å². The van der Waals surface area contributed by atoms with Crippen molar-refractivity contribution in [2.45, 2.75) is 32.9 Å². The van der Waals surface area contributed by atoms with Crippen LogP contribution in [0.4, 0.5) is 5.82 Å². The Bertz CT molecular complexity index is 451. The van der Waals surface area contributed by atoms with Crippen molar-refractivity contribution < 1.29 is 14.3 Å². The van der Waals surface area contributed by atoms with E-state index in [1.807, 2.05) is 13.8 Å². The highest BCUT2D eigenvalue weighted by molar-refractivity contribution is 6.18. The van der Waals surface area contributed by atoms with Crippen molar-refractivity contribution in [2.24, 2.45) is 10.2 Å². The van der Waals surface area contributed by atoms with Gasteiger partial charge < -0.3 is 9.47 Å². The van der Waals surface area contributed by atoms with Crippen LogP contribution in [0.25, 0.3) is 0 Å². The summed E-state index contributed by atoms with van der Waals surface area (Å²) in [5.74, 6) is 0.443. The molecule has 0 radical (unpaired) electrons. The maximum atomic E-state index is 10.8. The Balaban J connectivity index is 2.50. The molecule has 0 N–H and O–H groups in total. The molecule has 20 heavy (non-hydrogen) atoms. The van der Waals surface area contributed by atoms with Crippen molar-refractivity contribution in [3.05, 3.63) is 12.1 Å². The minimum atomic E-state index is -0.517. The third-order valence-electron chi connectivity index (χ3n) is 1.94. The number of esters is 1. The molecule has 0 aliphatic rings. The highest BCUT2D eigenvalue weighted by atomic mass is 35.5. The zero-order valence-corrected chi connectivity index (χ0v) is 12.4. The first-order valence-electron chi connectivity index (χ1n) is 6.11. The summed E-state index contributed by atoms with van der Waals surface area (Å²) in [5, 5.41) is 15.5. The molecule has 8 heteroatoms. The second-order valence-corrected chi connectivity index (χ2v) is 4.54. The van der Waals surface area contributed by atoms with Crippen molar-refractivity contribution in [3.63, 3.8) is 0 Å². The number of ether oxygens (including phenoxy) is 2. The highest BCUT2D eigenvalue weighted by Crippen LogP contribution is 2.12.